The third-order valence-corrected chi connectivity index (χ3v) is 3.52. The van der Waals surface area contributed by atoms with Crippen LogP contribution in [0.2, 0.25) is 0 Å². The van der Waals surface area contributed by atoms with Gasteiger partial charge in [0.2, 0.25) is 0 Å². The number of nitrogens with zero attached hydrogens (tertiary/aromatic N) is 1. The summed E-state index contributed by atoms with van der Waals surface area (Å²) in [4.78, 5) is 13.3. The van der Waals surface area contributed by atoms with Gasteiger partial charge in [-0.1, -0.05) is 6.92 Å². The number of piperidine rings is 1. The van der Waals surface area contributed by atoms with Crippen LogP contribution in [-0.2, 0) is 4.74 Å². The number of ether oxygens (including phenoxy) is 1. The highest BCUT2D eigenvalue weighted by Gasteiger charge is 2.23. The predicted octanol–water partition coefficient (Wildman–Crippen LogP) is 1.60. The van der Waals surface area contributed by atoms with Crippen molar-refractivity contribution in [1.29, 1.82) is 0 Å². The molecule has 1 heterocycles. The molecule has 2 unspecified atom stereocenters. The number of hydrogen-bond acceptors (Lipinski definition) is 4. The fraction of sp³-hybridized carbons (Fsp3) is 0.929. The largest absolute Gasteiger partial charge is 0.450 e. The maximum atomic E-state index is 11.5. The van der Waals surface area contributed by atoms with E-state index in [9.17, 15) is 9.90 Å². The second kappa shape index (κ2) is 8.38. The van der Waals surface area contributed by atoms with E-state index < -0.39 is 0 Å². The fourth-order valence-electron chi connectivity index (χ4n) is 2.51. The van der Waals surface area contributed by atoms with Crippen molar-refractivity contribution < 1.29 is 14.6 Å². The van der Waals surface area contributed by atoms with Crippen LogP contribution in [0, 0.1) is 5.92 Å². The van der Waals surface area contributed by atoms with E-state index in [0.717, 1.165) is 38.9 Å². The summed E-state index contributed by atoms with van der Waals surface area (Å²) in [6.45, 7) is 8.70. The first-order valence-electron chi connectivity index (χ1n) is 7.36. The van der Waals surface area contributed by atoms with Crippen LogP contribution in [0.4, 0.5) is 4.79 Å². The van der Waals surface area contributed by atoms with Crippen molar-refractivity contribution in [2.45, 2.75) is 52.2 Å². The number of likely N-dealkylation sites (tertiary alicyclic amines) is 1. The molecule has 1 aliphatic rings. The minimum absolute atomic E-state index is 0.191. The Kier molecular flexibility index (Phi) is 7.16. The number of aliphatic hydroxyl groups excluding tert-OH is 1. The lowest BCUT2D eigenvalue weighted by Crippen LogP contribution is -2.46. The zero-order chi connectivity index (χ0) is 14.3. The van der Waals surface area contributed by atoms with E-state index in [0.29, 0.717) is 18.6 Å². The minimum atomic E-state index is -0.234. The van der Waals surface area contributed by atoms with E-state index in [-0.39, 0.29) is 12.2 Å². The molecule has 0 aromatic carbocycles. The van der Waals surface area contributed by atoms with Crippen molar-refractivity contribution in [3.63, 3.8) is 0 Å². The number of carbonyl (C=O) groups is 1. The third kappa shape index (κ3) is 6.25. The van der Waals surface area contributed by atoms with Gasteiger partial charge in [-0.25, -0.2) is 4.79 Å². The summed E-state index contributed by atoms with van der Waals surface area (Å²) in [7, 11) is 0. The monoisotopic (exact) mass is 272 g/mol. The zero-order valence-corrected chi connectivity index (χ0v) is 12.4. The van der Waals surface area contributed by atoms with Crippen LogP contribution in [0.5, 0.6) is 0 Å². The van der Waals surface area contributed by atoms with Gasteiger partial charge < -0.3 is 20.1 Å². The molecule has 0 bridgehead atoms. The molecule has 0 radical (unpaired) electrons. The Morgan fingerprint density at radius 2 is 2.05 bits per heavy atom. The van der Waals surface area contributed by atoms with Crippen LogP contribution >= 0.6 is 0 Å². The van der Waals surface area contributed by atoms with Gasteiger partial charge in [0.25, 0.3) is 0 Å². The average molecular weight is 272 g/mol. The summed E-state index contributed by atoms with van der Waals surface area (Å²) in [5, 5.41) is 12.8. The van der Waals surface area contributed by atoms with Gasteiger partial charge in [0.1, 0.15) is 0 Å². The molecule has 0 aromatic rings. The zero-order valence-electron chi connectivity index (χ0n) is 12.4. The molecule has 2 atom stereocenters. The summed E-state index contributed by atoms with van der Waals surface area (Å²) >= 11 is 0. The van der Waals surface area contributed by atoms with Gasteiger partial charge >= 0.3 is 6.09 Å². The standard InChI is InChI=1S/C14H28N2O3/c1-4-19-14(18)16-7-5-13(6-8-16)15-10-11(2)9-12(3)17/h11-13,15,17H,4-10H2,1-3H3. The number of carbonyl (C=O) groups excluding carboxylic acids is 1. The molecule has 1 saturated heterocycles. The van der Waals surface area contributed by atoms with E-state index in [1.54, 1.807) is 4.90 Å². The average Bonchev–Trinajstić information content (AvgIpc) is 2.36. The molecule has 0 saturated carbocycles. The molecule has 19 heavy (non-hydrogen) atoms. The second-order valence-corrected chi connectivity index (χ2v) is 5.56. The summed E-state index contributed by atoms with van der Waals surface area (Å²) in [6, 6.07) is 0.474. The van der Waals surface area contributed by atoms with E-state index in [2.05, 4.69) is 12.2 Å². The Morgan fingerprint density at radius 1 is 1.42 bits per heavy atom. The molecule has 1 aliphatic heterocycles. The molecule has 5 heteroatoms. The van der Waals surface area contributed by atoms with Gasteiger partial charge in [-0.15, -0.1) is 0 Å². The first kappa shape index (κ1) is 16.2. The molecule has 2 N–H and O–H groups in total. The quantitative estimate of drug-likeness (QED) is 0.771. The molecule has 1 fully saturated rings. The normalized spacial score (nSPS) is 20.1. The van der Waals surface area contributed by atoms with Crippen molar-refractivity contribution in [2.75, 3.05) is 26.2 Å². The molecule has 5 nitrogen and oxygen atoms in total. The van der Waals surface area contributed by atoms with Crippen molar-refractivity contribution in [3.05, 3.63) is 0 Å². The maximum Gasteiger partial charge on any atom is 0.409 e. The van der Waals surface area contributed by atoms with Gasteiger partial charge in [0, 0.05) is 19.1 Å². The molecule has 0 aromatic heterocycles. The first-order chi connectivity index (χ1) is 9.02. The van der Waals surface area contributed by atoms with Crippen LogP contribution in [0.25, 0.3) is 0 Å². The van der Waals surface area contributed by atoms with Crippen molar-refractivity contribution in [3.8, 4) is 0 Å². The van der Waals surface area contributed by atoms with Gasteiger partial charge in [0.15, 0.2) is 0 Å². The highest BCUT2D eigenvalue weighted by Crippen LogP contribution is 2.12. The topological polar surface area (TPSA) is 61.8 Å². The lowest BCUT2D eigenvalue weighted by molar-refractivity contribution is 0.0943. The van der Waals surface area contributed by atoms with E-state index in [4.69, 9.17) is 4.74 Å². The predicted molar refractivity (Wildman–Crippen MR) is 75.1 cm³/mol. The highest BCUT2D eigenvalue weighted by molar-refractivity contribution is 5.67. The molecule has 1 amide bonds. The lowest BCUT2D eigenvalue weighted by Gasteiger charge is -2.32. The van der Waals surface area contributed by atoms with E-state index in [1.807, 2.05) is 13.8 Å². The van der Waals surface area contributed by atoms with Crippen LogP contribution < -0.4 is 5.32 Å². The molecular weight excluding hydrogens is 244 g/mol. The second-order valence-electron chi connectivity index (χ2n) is 5.56. The summed E-state index contributed by atoms with van der Waals surface area (Å²) in [6.07, 6.45) is 2.35. The molecule has 0 aliphatic carbocycles. The van der Waals surface area contributed by atoms with E-state index in [1.165, 1.54) is 0 Å². The van der Waals surface area contributed by atoms with Crippen molar-refractivity contribution in [2.24, 2.45) is 5.92 Å². The van der Waals surface area contributed by atoms with Gasteiger partial charge in [0.05, 0.1) is 12.7 Å². The molecule has 1 rings (SSSR count). The Morgan fingerprint density at radius 3 is 2.58 bits per heavy atom. The number of nitrogens with one attached hydrogen (secondary N) is 1. The Bertz CT molecular complexity index is 263. The Hall–Kier alpha value is -0.810. The lowest BCUT2D eigenvalue weighted by atomic mass is 10.0. The summed E-state index contributed by atoms with van der Waals surface area (Å²) < 4.78 is 5.00. The number of rotatable bonds is 6. The molecule has 0 spiro atoms. The Labute approximate surface area is 116 Å². The van der Waals surface area contributed by atoms with Crippen LogP contribution in [0.15, 0.2) is 0 Å². The summed E-state index contributed by atoms with van der Waals surface area (Å²) in [5.74, 6) is 0.475. The Balaban J connectivity index is 2.18. The van der Waals surface area contributed by atoms with Crippen LogP contribution in [-0.4, -0.2) is 54.5 Å². The smallest absolute Gasteiger partial charge is 0.409 e. The van der Waals surface area contributed by atoms with Gasteiger partial charge in [-0.3, -0.25) is 0 Å². The highest BCUT2D eigenvalue weighted by atomic mass is 16.6. The van der Waals surface area contributed by atoms with Crippen LogP contribution in [0.3, 0.4) is 0 Å². The summed E-state index contributed by atoms with van der Waals surface area (Å²) in [5.41, 5.74) is 0. The van der Waals surface area contributed by atoms with Crippen molar-refractivity contribution >= 4 is 6.09 Å². The fourth-order valence-corrected chi connectivity index (χ4v) is 2.51. The first-order valence-corrected chi connectivity index (χ1v) is 7.36. The van der Waals surface area contributed by atoms with Gasteiger partial charge in [-0.2, -0.15) is 0 Å². The minimum Gasteiger partial charge on any atom is -0.450 e. The van der Waals surface area contributed by atoms with Crippen LogP contribution in [0.1, 0.15) is 40.0 Å². The third-order valence-electron chi connectivity index (χ3n) is 3.52. The molecule has 112 valence electrons. The number of hydrogen-bond donors (Lipinski definition) is 2. The van der Waals surface area contributed by atoms with Gasteiger partial charge in [-0.05, 0) is 45.6 Å². The van der Waals surface area contributed by atoms with E-state index >= 15 is 0 Å². The maximum absolute atomic E-state index is 11.5. The molecular formula is C14H28N2O3. The van der Waals surface area contributed by atoms with Crippen molar-refractivity contribution in [1.82, 2.24) is 10.2 Å². The number of aliphatic hydroxyl groups is 1. The number of amides is 1. The SMILES string of the molecule is CCOC(=O)N1CCC(NCC(C)CC(C)O)CC1.